The molecule has 0 saturated carbocycles. The average Bonchev–Trinajstić information content (AvgIpc) is 2.66. The summed E-state index contributed by atoms with van der Waals surface area (Å²) in [5, 5.41) is 0. The summed E-state index contributed by atoms with van der Waals surface area (Å²) in [5.74, 6) is 0.898. The molecule has 0 aliphatic rings. The van der Waals surface area contributed by atoms with E-state index in [0.29, 0.717) is 17.2 Å². The summed E-state index contributed by atoms with van der Waals surface area (Å²) in [6.07, 6.45) is 0. The van der Waals surface area contributed by atoms with Crippen molar-refractivity contribution in [3.8, 4) is 11.3 Å². The molecule has 2 N–H and O–H groups in total. The van der Waals surface area contributed by atoms with Crippen molar-refractivity contribution >= 4 is 11.5 Å². The minimum absolute atomic E-state index is 0.0862. The topological polar surface area (TPSA) is 56.2 Å². The zero-order valence-electron chi connectivity index (χ0n) is 9.28. The quantitative estimate of drug-likeness (QED) is 0.618. The number of furan rings is 1. The van der Waals surface area contributed by atoms with Gasteiger partial charge in [-0.1, -0.05) is 6.07 Å². The first-order valence-electron chi connectivity index (χ1n) is 5.05. The highest BCUT2D eigenvalue weighted by Gasteiger charge is 2.10. The molecule has 0 aliphatic carbocycles. The highest BCUT2D eigenvalue weighted by Crippen LogP contribution is 2.28. The Hall–Kier alpha value is -2.03. The third kappa shape index (κ3) is 1.84. The molecule has 0 saturated heterocycles. The molecular formula is C13H13NO2. The van der Waals surface area contributed by atoms with Crippen LogP contribution in [-0.4, -0.2) is 5.78 Å². The molecule has 3 heteroatoms. The van der Waals surface area contributed by atoms with E-state index < -0.39 is 0 Å². The highest BCUT2D eigenvalue weighted by atomic mass is 16.3. The molecule has 16 heavy (non-hydrogen) atoms. The van der Waals surface area contributed by atoms with Crippen molar-refractivity contribution in [3.05, 3.63) is 41.7 Å². The molecule has 0 radical (unpaired) electrons. The number of carbonyl (C=O) groups excluding carboxylic acids is 1. The molecule has 0 unspecified atom stereocenters. The third-order valence-electron chi connectivity index (χ3n) is 2.43. The normalized spacial score (nSPS) is 10.4. The van der Waals surface area contributed by atoms with Gasteiger partial charge in [0.1, 0.15) is 5.76 Å². The summed E-state index contributed by atoms with van der Waals surface area (Å²) in [7, 11) is 0. The smallest absolute Gasteiger partial charge is 0.194 e. The van der Waals surface area contributed by atoms with Crippen LogP contribution < -0.4 is 5.73 Å². The number of rotatable bonds is 2. The first kappa shape index (κ1) is 10.5. The van der Waals surface area contributed by atoms with Crippen molar-refractivity contribution in [2.75, 3.05) is 5.73 Å². The molecule has 2 rings (SSSR count). The van der Waals surface area contributed by atoms with E-state index in [4.69, 9.17) is 10.2 Å². The van der Waals surface area contributed by atoms with Crippen molar-refractivity contribution in [1.29, 1.82) is 0 Å². The van der Waals surface area contributed by atoms with Crippen LogP contribution >= 0.6 is 0 Å². The van der Waals surface area contributed by atoms with Crippen LogP contribution in [-0.2, 0) is 0 Å². The lowest BCUT2D eigenvalue weighted by molar-refractivity contribution is 0.0988. The summed E-state index contributed by atoms with van der Waals surface area (Å²) in [6.45, 7) is 3.45. The second kappa shape index (κ2) is 3.85. The Labute approximate surface area is 93.9 Å². The molecule has 0 bridgehead atoms. The molecule has 3 nitrogen and oxygen atoms in total. The Morgan fingerprint density at radius 1 is 1.25 bits per heavy atom. The summed E-state index contributed by atoms with van der Waals surface area (Å²) < 4.78 is 5.42. The van der Waals surface area contributed by atoms with E-state index in [2.05, 4.69) is 0 Å². The predicted octanol–water partition coefficient (Wildman–Crippen LogP) is 3.04. The fourth-order valence-electron chi connectivity index (χ4n) is 1.58. The van der Waals surface area contributed by atoms with Crippen LogP contribution in [0.15, 0.2) is 34.7 Å². The molecule has 0 spiro atoms. The van der Waals surface area contributed by atoms with Gasteiger partial charge in [-0.15, -0.1) is 0 Å². The maximum atomic E-state index is 11.1. The van der Waals surface area contributed by atoms with E-state index in [9.17, 15) is 4.79 Å². The van der Waals surface area contributed by atoms with Gasteiger partial charge in [-0.05, 0) is 36.8 Å². The van der Waals surface area contributed by atoms with Crippen molar-refractivity contribution in [2.45, 2.75) is 13.8 Å². The van der Waals surface area contributed by atoms with Crippen LogP contribution in [0, 0.1) is 6.92 Å². The number of carbonyl (C=O) groups is 1. The molecule has 0 aliphatic heterocycles. The number of hydrogen-bond acceptors (Lipinski definition) is 3. The number of nitrogens with two attached hydrogens (primary N) is 1. The van der Waals surface area contributed by atoms with Gasteiger partial charge in [-0.2, -0.15) is 0 Å². The summed E-state index contributed by atoms with van der Waals surface area (Å²) in [6, 6.07) is 9.16. The van der Waals surface area contributed by atoms with Crippen molar-refractivity contribution in [1.82, 2.24) is 0 Å². The van der Waals surface area contributed by atoms with E-state index in [1.54, 1.807) is 12.1 Å². The maximum Gasteiger partial charge on any atom is 0.194 e. The number of ketones is 1. The number of Topliss-reactive ketones (excluding diaryl/α,β-unsaturated/α-hetero) is 1. The number of aryl methyl sites for hydroxylation is 1. The van der Waals surface area contributed by atoms with Gasteiger partial charge in [0.15, 0.2) is 11.5 Å². The van der Waals surface area contributed by atoms with Gasteiger partial charge in [0.05, 0.1) is 0 Å². The first-order chi connectivity index (χ1) is 7.58. The van der Waals surface area contributed by atoms with Gasteiger partial charge in [0.2, 0.25) is 0 Å². The lowest BCUT2D eigenvalue weighted by Crippen LogP contribution is -1.90. The minimum Gasteiger partial charge on any atom is -0.453 e. The second-order valence-electron chi connectivity index (χ2n) is 3.81. The SMILES string of the molecule is CC(=O)c1ccc(-c2ccc(C)cc2N)o1. The Kier molecular flexibility index (Phi) is 2.52. The van der Waals surface area contributed by atoms with E-state index in [-0.39, 0.29) is 5.78 Å². The zero-order valence-corrected chi connectivity index (χ0v) is 9.28. The Balaban J connectivity index is 2.46. The molecular weight excluding hydrogens is 202 g/mol. The van der Waals surface area contributed by atoms with Gasteiger partial charge in [-0.25, -0.2) is 0 Å². The van der Waals surface area contributed by atoms with Crippen LogP contribution in [0.3, 0.4) is 0 Å². The fourth-order valence-corrected chi connectivity index (χ4v) is 1.58. The first-order valence-corrected chi connectivity index (χ1v) is 5.05. The van der Waals surface area contributed by atoms with E-state index in [1.807, 2.05) is 25.1 Å². The van der Waals surface area contributed by atoms with Gasteiger partial charge in [0.25, 0.3) is 0 Å². The summed E-state index contributed by atoms with van der Waals surface area (Å²) in [4.78, 5) is 11.1. The number of benzene rings is 1. The maximum absolute atomic E-state index is 11.1. The Morgan fingerprint density at radius 2 is 2.00 bits per heavy atom. The zero-order chi connectivity index (χ0) is 11.7. The molecule has 82 valence electrons. The Bertz CT molecular complexity index is 541. The fraction of sp³-hybridized carbons (Fsp3) is 0.154. The molecule has 1 aromatic heterocycles. The molecule has 1 heterocycles. The summed E-state index contributed by atoms with van der Waals surface area (Å²) in [5.41, 5.74) is 8.47. The molecule has 2 aromatic rings. The number of anilines is 1. The van der Waals surface area contributed by atoms with Gasteiger partial charge < -0.3 is 10.2 Å². The average molecular weight is 215 g/mol. The van der Waals surface area contributed by atoms with E-state index >= 15 is 0 Å². The van der Waals surface area contributed by atoms with Crippen LogP contribution in [0.1, 0.15) is 23.0 Å². The lowest BCUT2D eigenvalue weighted by Gasteiger charge is -2.03. The van der Waals surface area contributed by atoms with Crippen LogP contribution in [0.25, 0.3) is 11.3 Å². The standard InChI is InChI=1S/C13H13NO2/c1-8-3-4-10(11(14)7-8)13-6-5-12(16-13)9(2)15/h3-7H,14H2,1-2H3. The van der Waals surface area contributed by atoms with Crippen LogP contribution in [0.4, 0.5) is 5.69 Å². The van der Waals surface area contributed by atoms with Gasteiger partial charge in [-0.3, -0.25) is 4.79 Å². The third-order valence-corrected chi connectivity index (χ3v) is 2.43. The molecule has 1 aromatic carbocycles. The lowest BCUT2D eigenvalue weighted by atomic mass is 10.1. The summed E-state index contributed by atoms with van der Waals surface area (Å²) >= 11 is 0. The molecule has 0 amide bonds. The molecule has 0 atom stereocenters. The van der Waals surface area contributed by atoms with E-state index in [1.165, 1.54) is 6.92 Å². The highest BCUT2D eigenvalue weighted by molar-refractivity contribution is 5.92. The molecule has 0 fully saturated rings. The Morgan fingerprint density at radius 3 is 2.56 bits per heavy atom. The van der Waals surface area contributed by atoms with Gasteiger partial charge in [0, 0.05) is 18.2 Å². The van der Waals surface area contributed by atoms with Crippen molar-refractivity contribution in [2.24, 2.45) is 0 Å². The largest absolute Gasteiger partial charge is 0.453 e. The predicted molar refractivity (Wildman–Crippen MR) is 63.3 cm³/mol. The minimum atomic E-state index is -0.0862. The van der Waals surface area contributed by atoms with Crippen LogP contribution in [0.5, 0.6) is 0 Å². The van der Waals surface area contributed by atoms with Crippen molar-refractivity contribution in [3.63, 3.8) is 0 Å². The van der Waals surface area contributed by atoms with E-state index in [0.717, 1.165) is 11.1 Å². The van der Waals surface area contributed by atoms with Crippen LogP contribution in [0.2, 0.25) is 0 Å². The number of hydrogen-bond donors (Lipinski definition) is 1. The van der Waals surface area contributed by atoms with Crippen molar-refractivity contribution < 1.29 is 9.21 Å². The second-order valence-corrected chi connectivity index (χ2v) is 3.81. The van der Waals surface area contributed by atoms with Gasteiger partial charge >= 0.3 is 0 Å². The number of nitrogen functional groups attached to an aromatic ring is 1. The monoisotopic (exact) mass is 215 g/mol.